The van der Waals surface area contributed by atoms with Crippen molar-refractivity contribution >= 4 is 40.5 Å². The van der Waals surface area contributed by atoms with E-state index in [4.69, 9.17) is 28.4 Å². The number of aliphatic hydroxyl groups is 2. The van der Waals surface area contributed by atoms with Gasteiger partial charge < -0.3 is 54.2 Å². The Hall–Kier alpha value is -5.48. The first-order valence-corrected chi connectivity index (χ1v) is 24.1. The van der Waals surface area contributed by atoms with E-state index in [1.165, 1.54) is 34.1 Å². The number of carbonyl (C=O) groups excluding carboxylic acids is 5. The highest BCUT2D eigenvalue weighted by molar-refractivity contribution is 5.96. The predicted molar refractivity (Wildman–Crippen MR) is 260 cm³/mol. The quantitative estimate of drug-likeness (QED) is 0.0832. The molecule has 17 nitrogen and oxygen atoms in total. The molecule has 0 unspecified atom stereocenters. The van der Waals surface area contributed by atoms with Crippen LogP contribution >= 0.6 is 0 Å². The minimum Gasteiger partial charge on any atom is -0.461 e. The number of aliphatic hydroxyl groups excluding tert-OH is 1. The second-order valence-electron chi connectivity index (χ2n) is 19.4. The Morgan fingerprint density at radius 2 is 1.63 bits per heavy atom. The Balaban J connectivity index is 1.44. The van der Waals surface area contributed by atoms with Crippen molar-refractivity contribution in [2.24, 2.45) is 23.7 Å². The summed E-state index contributed by atoms with van der Waals surface area (Å²) in [6.45, 7) is 13.0. The number of fused-ring (bicyclic) bond motifs is 1. The van der Waals surface area contributed by atoms with Gasteiger partial charge >= 0.3 is 18.0 Å². The molecule has 2 amide bonds. The number of alkyl carbamates (subject to hydrolysis) is 1. The van der Waals surface area contributed by atoms with Gasteiger partial charge in [0, 0.05) is 62.0 Å². The molecule has 17 heteroatoms. The van der Waals surface area contributed by atoms with Crippen molar-refractivity contribution in [3.05, 3.63) is 78.1 Å². The number of methoxy groups -OCH3 is 1. The number of aromatic nitrogens is 1. The molecule has 0 spiro atoms. The molecular formula is C53H72N4O13. The third-order valence-corrected chi connectivity index (χ3v) is 13.8. The average molecular weight is 973 g/mol. The van der Waals surface area contributed by atoms with E-state index in [9.17, 15) is 34.2 Å². The SMILES string of the molecule is CC[C@H]1OC(=O)[C@H](C)[C@@H](OC(=O)Cc2cccnc2)[C@H](C)[C@@H](O[C@@H]2O[C@H](C)C[C@H](N(C)C)[C@H]2O)[C@](C)(OC)C[C@@H](C)C(=O)[C@H](C)[C@@H](OC(=O)NCCNC(=O)C#Cc2cccc3ccccc23)[C@]1(C)O. The standard InChI is InChI=1S/C53H72N4O13/c1-12-41-53(8,64)48(70-51(63)56-26-25-55-42(58)23-22-38-20-15-19-37-18-13-14-21-39(37)38)33(4)44(60)31(2)29-52(7,65-11)47(69-50-45(61)40(57(9)10)27-32(3)66-50)34(5)46(35(6)49(62)67-41)68-43(59)28-36-17-16-24-54-30-36/h13-21,24,30-35,40-41,45-48,50,61,64H,12,25-29H2,1-11H3,(H,55,58)(H,56,63)/t31-,32-,33+,34+,35-,40+,41-,45-,46+,47-,48-,50+,52-,53-/m1/s1. The fourth-order valence-electron chi connectivity index (χ4n) is 9.85. The summed E-state index contributed by atoms with van der Waals surface area (Å²) in [5.74, 6) is -1.19. The van der Waals surface area contributed by atoms with Gasteiger partial charge in [-0.05, 0) is 89.5 Å². The number of pyridine rings is 1. The van der Waals surface area contributed by atoms with Gasteiger partial charge in [-0.25, -0.2) is 4.79 Å². The lowest BCUT2D eigenvalue weighted by molar-refractivity contribution is -0.301. The summed E-state index contributed by atoms with van der Waals surface area (Å²) < 4.78 is 37.6. The lowest BCUT2D eigenvalue weighted by Gasteiger charge is -2.48. The summed E-state index contributed by atoms with van der Waals surface area (Å²) in [5.41, 5.74) is -2.31. The average Bonchev–Trinajstić information content (AvgIpc) is 3.33. The van der Waals surface area contributed by atoms with Crippen molar-refractivity contribution in [3.8, 4) is 11.8 Å². The number of nitrogens with zero attached hydrogens (tertiary/aromatic N) is 2. The Kier molecular flexibility index (Phi) is 19.5. The molecule has 2 fully saturated rings. The highest BCUT2D eigenvalue weighted by atomic mass is 16.7. The monoisotopic (exact) mass is 973 g/mol. The van der Waals surface area contributed by atoms with Crippen LogP contribution in [0.1, 0.15) is 85.8 Å². The summed E-state index contributed by atoms with van der Waals surface area (Å²) in [6.07, 6.45) is -5.55. The van der Waals surface area contributed by atoms with Crippen LogP contribution in [0.15, 0.2) is 67.0 Å². The van der Waals surface area contributed by atoms with Gasteiger partial charge in [0.1, 0.15) is 35.8 Å². The molecule has 2 saturated heterocycles. The van der Waals surface area contributed by atoms with E-state index in [-0.39, 0.29) is 44.5 Å². The molecule has 2 aliphatic heterocycles. The van der Waals surface area contributed by atoms with Crippen LogP contribution in [0.25, 0.3) is 10.8 Å². The van der Waals surface area contributed by atoms with Gasteiger partial charge in [0.25, 0.3) is 5.91 Å². The Labute approximate surface area is 411 Å². The number of benzene rings is 2. The molecule has 0 aliphatic carbocycles. The number of likely N-dealkylation sites (N-methyl/N-ethyl adjacent to an activating group) is 1. The van der Waals surface area contributed by atoms with Gasteiger partial charge in [-0.2, -0.15) is 0 Å². The highest BCUT2D eigenvalue weighted by Gasteiger charge is 2.54. The Morgan fingerprint density at radius 3 is 2.30 bits per heavy atom. The molecular weight excluding hydrogens is 901 g/mol. The molecule has 5 rings (SSSR count). The van der Waals surface area contributed by atoms with Crippen LogP contribution in [0, 0.1) is 35.5 Å². The van der Waals surface area contributed by atoms with Gasteiger partial charge in [-0.1, -0.05) is 76.1 Å². The van der Waals surface area contributed by atoms with Crippen LogP contribution in [-0.4, -0.2) is 144 Å². The highest BCUT2D eigenvalue weighted by Crippen LogP contribution is 2.40. The van der Waals surface area contributed by atoms with Crippen molar-refractivity contribution in [1.82, 2.24) is 20.5 Å². The lowest BCUT2D eigenvalue weighted by Crippen LogP contribution is -2.61. The zero-order valence-corrected chi connectivity index (χ0v) is 42.3. The van der Waals surface area contributed by atoms with E-state index in [1.54, 1.807) is 46.0 Å². The van der Waals surface area contributed by atoms with Crippen molar-refractivity contribution in [1.29, 1.82) is 0 Å². The maximum atomic E-state index is 14.7. The van der Waals surface area contributed by atoms with Crippen LogP contribution in [0.4, 0.5) is 4.79 Å². The summed E-state index contributed by atoms with van der Waals surface area (Å²) in [4.78, 5) is 75.3. The van der Waals surface area contributed by atoms with E-state index in [1.807, 2.05) is 68.4 Å². The lowest BCUT2D eigenvalue weighted by atomic mass is 9.73. The Morgan fingerprint density at radius 1 is 0.929 bits per heavy atom. The largest absolute Gasteiger partial charge is 0.461 e. The smallest absolute Gasteiger partial charge is 0.407 e. The summed E-state index contributed by atoms with van der Waals surface area (Å²) in [5, 5.41) is 31.2. The number of nitrogens with one attached hydrogen (secondary N) is 2. The first-order valence-electron chi connectivity index (χ1n) is 24.1. The molecule has 2 aromatic carbocycles. The zero-order chi connectivity index (χ0) is 51.5. The number of Topliss-reactive ketones (excluding diaryl/α,β-unsaturated/α-hetero) is 1. The number of esters is 2. The molecule has 382 valence electrons. The maximum Gasteiger partial charge on any atom is 0.407 e. The van der Waals surface area contributed by atoms with Crippen molar-refractivity contribution in [3.63, 3.8) is 0 Å². The third kappa shape index (κ3) is 13.7. The van der Waals surface area contributed by atoms with Gasteiger partial charge in [0.05, 0.1) is 36.1 Å². The first kappa shape index (κ1) is 55.4. The number of amides is 2. The summed E-state index contributed by atoms with van der Waals surface area (Å²) >= 11 is 0. The molecule has 3 aromatic rings. The molecule has 0 radical (unpaired) electrons. The minimum atomic E-state index is -2.16. The number of hydrogen-bond donors (Lipinski definition) is 4. The molecule has 1 aromatic heterocycles. The molecule has 3 heterocycles. The van der Waals surface area contributed by atoms with Crippen LogP contribution in [-0.2, 0) is 54.0 Å². The van der Waals surface area contributed by atoms with E-state index in [0.29, 0.717) is 17.5 Å². The summed E-state index contributed by atoms with van der Waals surface area (Å²) in [6, 6.07) is 16.4. The van der Waals surface area contributed by atoms with Crippen LogP contribution in [0.2, 0.25) is 0 Å². The van der Waals surface area contributed by atoms with Crippen LogP contribution in [0.5, 0.6) is 0 Å². The molecule has 70 heavy (non-hydrogen) atoms. The number of ketones is 1. The molecule has 4 N–H and O–H groups in total. The molecule has 2 aliphatic rings. The number of cyclic esters (lactones) is 1. The van der Waals surface area contributed by atoms with E-state index >= 15 is 0 Å². The minimum absolute atomic E-state index is 0.0197. The van der Waals surface area contributed by atoms with Crippen LogP contribution < -0.4 is 10.6 Å². The van der Waals surface area contributed by atoms with Gasteiger partial charge in [-0.3, -0.25) is 24.2 Å². The third-order valence-electron chi connectivity index (χ3n) is 13.8. The van der Waals surface area contributed by atoms with Crippen molar-refractivity contribution in [2.45, 2.75) is 141 Å². The molecule has 14 atom stereocenters. The molecule has 0 saturated carbocycles. The number of ether oxygens (including phenoxy) is 6. The summed E-state index contributed by atoms with van der Waals surface area (Å²) in [7, 11) is 5.14. The predicted octanol–water partition coefficient (Wildman–Crippen LogP) is 4.76. The normalized spacial score (nSPS) is 32.1. The van der Waals surface area contributed by atoms with Gasteiger partial charge in [0.15, 0.2) is 6.29 Å². The van der Waals surface area contributed by atoms with E-state index in [0.717, 1.165) is 10.8 Å². The van der Waals surface area contributed by atoms with E-state index < -0.39 is 101 Å². The fraction of sp³-hybridized carbons (Fsp3) is 0.585. The maximum absolute atomic E-state index is 14.7. The fourth-order valence-corrected chi connectivity index (χ4v) is 9.85. The number of carbonyl (C=O) groups is 5. The van der Waals surface area contributed by atoms with Crippen molar-refractivity contribution in [2.75, 3.05) is 34.3 Å². The van der Waals surface area contributed by atoms with Crippen molar-refractivity contribution < 1.29 is 62.6 Å². The van der Waals surface area contributed by atoms with Crippen LogP contribution in [0.3, 0.4) is 0 Å². The second-order valence-corrected chi connectivity index (χ2v) is 19.4. The van der Waals surface area contributed by atoms with E-state index in [2.05, 4.69) is 27.5 Å². The topological polar surface area (TPSA) is 221 Å². The second kappa shape index (κ2) is 24.6. The number of rotatable bonds is 12. The van der Waals surface area contributed by atoms with Gasteiger partial charge in [-0.15, -0.1) is 0 Å². The molecule has 0 bridgehead atoms. The van der Waals surface area contributed by atoms with Gasteiger partial charge in [0.2, 0.25) is 0 Å². The Bertz CT molecular complexity index is 2330. The number of hydrogen-bond acceptors (Lipinski definition) is 15. The zero-order valence-electron chi connectivity index (χ0n) is 42.3. The first-order chi connectivity index (χ1) is 33.1.